The van der Waals surface area contributed by atoms with E-state index >= 15 is 0 Å². The van der Waals surface area contributed by atoms with Crippen LogP contribution in [0.3, 0.4) is 0 Å². The second kappa shape index (κ2) is 8.90. The van der Waals surface area contributed by atoms with E-state index in [1.807, 2.05) is 12.1 Å². The zero-order valence-corrected chi connectivity index (χ0v) is 14.8. The number of Topliss-reactive ketones (excluding diaryl/α,β-unsaturated/α-hetero) is 1. The van der Waals surface area contributed by atoms with E-state index in [2.05, 4.69) is 32.1 Å². The Kier molecular flexibility index (Phi) is 6.88. The zero-order chi connectivity index (χ0) is 16.7. The Balaban J connectivity index is 1.95. The van der Waals surface area contributed by atoms with E-state index in [1.54, 1.807) is 7.11 Å². The number of carbonyl (C=O) groups excluding carboxylic acids is 1. The fourth-order valence-electron chi connectivity index (χ4n) is 3.69. The van der Waals surface area contributed by atoms with Gasteiger partial charge in [-0.25, -0.2) is 0 Å². The minimum atomic E-state index is 0.306. The van der Waals surface area contributed by atoms with Gasteiger partial charge in [-0.1, -0.05) is 50.0 Å². The first-order chi connectivity index (χ1) is 11.1. The lowest BCUT2D eigenvalue weighted by molar-refractivity contribution is -0.121. The predicted molar refractivity (Wildman–Crippen MR) is 96.6 cm³/mol. The Labute approximate surface area is 140 Å². The Bertz CT molecular complexity index is 527. The number of methoxy groups -OCH3 is 1. The Morgan fingerprint density at radius 1 is 1.26 bits per heavy atom. The molecule has 1 aromatic carbocycles. The lowest BCUT2D eigenvalue weighted by atomic mass is 9.85. The van der Waals surface area contributed by atoms with Crippen LogP contribution in [0.2, 0.25) is 0 Å². The largest absolute Gasteiger partial charge is 0.497 e. The third-order valence-corrected chi connectivity index (χ3v) is 4.98. The van der Waals surface area contributed by atoms with Crippen LogP contribution in [0.25, 0.3) is 6.08 Å². The van der Waals surface area contributed by atoms with Gasteiger partial charge in [0.25, 0.3) is 0 Å². The van der Waals surface area contributed by atoms with Gasteiger partial charge in [-0.15, -0.1) is 0 Å². The topological polar surface area (TPSA) is 26.3 Å². The summed E-state index contributed by atoms with van der Waals surface area (Å²) in [6.45, 7) is 4.41. The van der Waals surface area contributed by atoms with E-state index in [-0.39, 0.29) is 0 Å². The summed E-state index contributed by atoms with van der Waals surface area (Å²) in [5, 5.41) is 0. The van der Waals surface area contributed by atoms with Crippen molar-refractivity contribution in [2.45, 2.75) is 58.8 Å². The number of rotatable bonds is 8. The van der Waals surface area contributed by atoms with Gasteiger partial charge in [0.05, 0.1) is 7.11 Å². The summed E-state index contributed by atoms with van der Waals surface area (Å²) < 4.78 is 5.20. The quantitative estimate of drug-likeness (QED) is 0.578. The molecule has 2 nitrogen and oxygen atoms in total. The van der Waals surface area contributed by atoms with E-state index in [0.717, 1.165) is 31.4 Å². The van der Waals surface area contributed by atoms with Gasteiger partial charge in [0, 0.05) is 12.3 Å². The fourth-order valence-corrected chi connectivity index (χ4v) is 3.69. The maximum Gasteiger partial charge on any atom is 0.136 e. The van der Waals surface area contributed by atoms with Crippen LogP contribution in [0.1, 0.15) is 64.4 Å². The molecule has 0 saturated heterocycles. The summed E-state index contributed by atoms with van der Waals surface area (Å²) >= 11 is 0. The SMILES string of the molecule is CCCCCC1C(=O)CCC1CC(C)=Cc1ccc(OC)cc1. The first kappa shape index (κ1) is 17.8. The highest BCUT2D eigenvalue weighted by molar-refractivity contribution is 5.83. The molecule has 1 aromatic rings. The van der Waals surface area contributed by atoms with Gasteiger partial charge in [0.1, 0.15) is 11.5 Å². The average Bonchev–Trinajstić information content (AvgIpc) is 2.89. The molecule has 1 aliphatic carbocycles. The number of ether oxygens (including phenoxy) is 1. The Morgan fingerprint density at radius 2 is 2.00 bits per heavy atom. The molecule has 1 aliphatic rings. The molecule has 0 amide bonds. The normalized spacial score (nSPS) is 21.7. The van der Waals surface area contributed by atoms with Crippen molar-refractivity contribution in [1.82, 2.24) is 0 Å². The zero-order valence-electron chi connectivity index (χ0n) is 14.8. The van der Waals surface area contributed by atoms with Crippen LogP contribution in [-0.4, -0.2) is 12.9 Å². The average molecular weight is 314 g/mol. The van der Waals surface area contributed by atoms with Crippen LogP contribution in [0.15, 0.2) is 29.8 Å². The molecule has 0 spiro atoms. The van der Waals surface area contributed by atoms with Crippen LogP contribution in [-0.2, 0) is 4.79 Å². The Morgan fingerprint density at radius 3 is 2.65 bits per heavy atom. The molecule has 2 heteroatoms. The molecule has 1 fully saturated rings. The van der Waals surface area contributed by atoms with Crippen molar-refractivity contribution in [3.8, 4) is 5.75 Å². The van der Waals surface area contributed by atoms with Gasteiger partial charge in [0.2, 0.25) is 0 Å². The lowest BCUT2D eigenvalue weighted by Gasteiger charge is -2.18. The number of hydrogen-bond donors (Lipinski definition) is 0. The van der Waals surface area contributed by atoms with Crippen LogP contribution < -0.4 is 4.74 Å². The highest BCUT2D eigenvalue weighted by Crippen LogP contribution is 2.37. The summed E-state index contributed by atoms with van der Waals surface area (Å²) in [5.41, 5.74) is 2.57. The number of unbranched alkanes of at least 4 members (excludes halogenated alkanes) is 2. The third-order valence-electron chi connectivity index (χ3n) is 4.98. The van der Waals surface area contributed by atoms with Crippen molar-refractivity contribution >= 4 is 11.9 Å². The van der Waals surface area contributed by atoms with Gasteiger partial charge in [-0.2, -0.15) is 0 Å². The molecule has 2 unspecified atom stereocenters. The number of ketones is 1. The molecular formula is C21H30O2. The summed E-state index contributed by atoms with van der Waals surface area (Å²) in [7, 11) is 1.69. The molecule has 0 heterocycles. The Hall–Kier alpha value is -1.57. The second-order valence-electron chi connectivity index (χ2n) is 6.84. The van der Waals surface area contributed by atoms with Crippen molar-refractivity contribution in [1.29, 1.82) is 0 Å². The number of hydrogen-bond acceptors (Lipinski definition) is 2. The van der Waals surface area contributed by atoms with Gasteiger partial charge in [-0.3, -0.25) is 4.79 Å². The molecule has 23 heavy (non-hydrogen) atoms. The standard InChI is InChI=1S/C21H30O2/c1-4-5-6-7-20-18(10-13-21(20)22)15-16(2)14-17-8-11-19(23-3)12-9-17/h8-9,11-12,14,18,20H,4-7,10,13,15H2,1-3H3. The van der Waals surface area contributed by atoms with Crippen molar-refractivity contribution in [2.24, 2.45) is 11.8 Å². The number of carbonyl (C=O) groups is 1. The van der Waals surface area contributed by atoms with Gasteiger partial charge < -0.3 is 4.74 Å². The lowest BCUT2D eigenvalue weighted by Crippen LogP contribution is -2.15. The molecular weight excluding hydrogens is 284 g/mol. The number of benzene rings is 1. The van der Waals surface area contributed by atoms with E-state index in [0.29, 0.717) is 17.6 Å². The minimum absolute atomic E-state index is 0.306. The van der Waals surface area contributed by atoms with Crippen LogP contribution in [0, 0.1) is 11.8 Å². The number of allylic oxidation sites excluding steroid dienone is 1. The van der Waals surface area contributed by atoms with Crippen LogP contribution in [0.5, 0.6) is 5.75 Å². The first-order valence-electron chi connectivity index (χ1n) is 8.98. The molecule has 126 valence electrons. The smallest absolute Gasteiger partial charge is 0.136 e. The summed E-state index contributed by atoms with van der Waals surface area (Å²) in [6.07, 6.45) is 9.91. The van der Waals surface area contributed by atoms with Gasteiger partial charge in [0.15, 0.2) is 0 Å². The molecule has 0 bridgehead atoms. The van der Waals surface area contributed by atoms with E-state index in [9.17, 15) is 4.79 Å². The minimum Gasteiger partial charge on any atom is -0.497 e. The summed E-state index contributed by atoms with van der Waals surface area (Å²) in [6, 6.07) is 8.15. The third kappa shape index (κ3) is 5.23. The summed E-state index contributed by atoms with van der Waals surface area (Å²) in [5.74, 6) is 2.25. The van der Waals surface area contributed by atoms with Crippen molar-refractivity contribution < 1.29 is 9.53 Å². The van der Waals surface area contributed by atoms with Gasteiger partial charge in [-0.05, 0) is 49.8 Å². The molecule has 2 rings (SSSR count). The maximum absolute atomic E-state index is 12.2. The molecule has 0 aliphatic heterocycles. The molecule has 0 aromatic heterocycles. The second-order valence-corrected chi connectivity index (χ2v) is 6.84. The molecule has 0 N–H and O–H groups in total. The molecule has 0 radical (unpaired) electrons. The monoisotopic (exact) mass is 314 g/mol. The summed E-state index contributed by atoms with van der Waals surface area (Å²) in [4.78, 5) is 12.2. The maximum atomic E-state index is 12.2. The van der Waals surface area contributed by atoms with Crippen molar-refractivity contribution in [3.05, 3.63) is 35.4 Å². The van der Waals surface area contributed by atoms with Crippen LogP contribution in [0.4, 0.5) is 0 Å². The molecule has 1 saturated carbocycles. The van der Waals surface area contributed by atoms with Crippen LogP contribution >= 0.6 is 0 Å². The van der Waals surface area contributed by atoms with E-state index in [1.165, 1.54) is 30.4 Å². The van der Waals surface area contributed by atoms with E-state index < -0.39 is 0 Å². The first-order valence-corrected chi connectivity index (χ1v) is 8.98. The highest BCUT2D eigenvalue weighted by atomic mass is 16.5. The predicted octanol–water partition coefficient (Wildman–Crippen LogP) is 5.66. The molecule has 2 atom stereocenters. The van der Waals surface area contributed by atoms with Crippen molar-refractivity contribution in [3.63, 3.8) is 0 Å². The van der Waals surface area contributed by atoms with Gasteiger partial charge >= 0.3 is 0 Å². The fraction of sp³-hybridized carbons (Fsp3) is 0.571. The highest BCUT2D eigenvalue weighted by Gasteiger charge is 2.33. The van der Waals surface area contributed by atoms with E-state index in [4.69, 9.17) is 4.74 Å². The van der Waals surface area contributed by atoms with Crippen molar-refractivity contribution in [2.75, 3.05) is 7.11 Å².